The van der Waals surface area contributed by atoms with Crippen LogP contribution < -0.4 is 4.90 Å². The monoisotopic (exact) mass is 283 g/mol. The highest BCUT2D eigenvalue weighted by Gasteiger charge is 2.09. The molecular formula is C17H17NOS. The zero-order valence-corrected chi connectivity index (χ0v) is 12.5. The van der Waals surface area contributed by atoms with Gasteiger partial charge in [0, 0.05) is 24.5 Å². The molecule has 0 aliphatic heterocycles. The van der Waals surface area contributed by atoms with Crippen molar-refractivity contribution in [3.8, 4) is 0 Å². The summed E-state index contributed by atoms with van der Waals surface area (Å²) < 4.78 is 6.91. The van der Waals surface area contributed by atoms with Crippen LogP contribution in [0.5, 0.6) is 0 Å². The van der Waals surface area contributed by atoms with Crippen molar-refractivity contribution in [3.63, 3.8) is 0 Å². The normalized spacial score (nSPS) is 11.1. The summed E-state index contributed by atoms with van der Waals surface area (Å²) in [5, 5.41) is 3.38. The molecule has 0 N–H and O–H groups in total. The molecule has 0 saturated heterocycles. The van der Waals surface area contributed by atoms with Crippen molar-refractivity contribution in [1.29, 1.82) is 0 Å². The fraction of sp³-hybridized carbons (Fsp3) is 0.235. The number of rotatable bonds is 3. The second-order valence-electron chi connectivity index (χ2n) is 4.78. The lowest BCUT2D eigenvalue weighted by molar-refractivity contribution is 0.579. The van der Waals surface area contributed by atoms with Gasteiger partial charge in [0.15, 0.2) is 5.88 Å². The number of anilines is 1. The Balaban J connectivity index is 2.34. The van der Waals surface area contributed by atoms with Crippen molar-refractivity contribution in [3.05, 3.63) is 47.0 Å². The zero-order valence-electron chi connectivity index (χ0n) is 11.7. The number of hydrogen-bond donors (Lipinski definition) is 0. The topological polar surface area (TPSA) is 16.4 Å². The molecule has 0 atom stereocenters. The summed E-state index contributed by atoms with van der Waals surface area (Å²) in [6.45, 7) is 6.06. The molecule has 1 aromatic heterocycles. The van der Waals surface area contributed by atoms with Gasteiger partial charge in [-0.15, -0.1) is 0 Å². The van der Waals surface area contributed by atoms with Crippen LogP contribution in [0.1, 0.15) is 13.8 Å². The van der Waals surface area contributed by atoms with Gasteiger partial charge >= 0.3 is 0 Å². The van der Waals surface area contributed by atoms with Crippen molar-refractivity contribution < 1.29 is 4.42 Å². The molecule has 0 amide bonds. The van der Waals surface area contributed by atoms with Crippen molar-refractivity contribution in [2.45, 2.75) is 13.8 Å². The minimum atomic E-state index is 0.850. The Labute approximate surface area is 123 Å². The van der Waals surface area contributed by atoms with Gasteiger partial charge in [-0.3, -0.25) is 0 Å². The molecule has 0 aliphatic carbocycles. The lowest BCUT2D eigenvalue weighted by Gasteiger charge is -2.19. The lowest BCUT2D eigenvalue weighted by atomic mass is 10.1. The highest BCUT2D eigenvalue weighted by molar-refractivity contribution is 7.71. The molecule has 3 rings (SSSR count). The molecule has 0 saturated carbocycles. The van der Waals surface area contributed by atoms with Crippen LogP contribution in [0.2, 0.25) is 0 Å². The molecule has 0 fully saturated rings. The summed E-state index contributed by atoms with van der Waals surface area (Å²) in [5.74, 6) is 0.850. The Morgan fingerprint density at radius 2 is 1.80 bits per heavy atom. The Hall–Kier alpha value is -1.87. The summed E-state index contributed by atoms with van der Waals surface area (Å²) in [7, 11) is 0. The Bertz CT molecular complexity index is 818. The van der Waals surface area contributed by atoms with Gasteiger partial charge in [0.25, 0.3) is 0 Å². The minimum Gasteiger partial charge on any atom is -0.440 e. The van der Waals surface area contributed by atoms with Gasteiger partial charge in [0.1, 0.15) is 5.58 Å². The smallest absolute Gasteiger partial charge is 0.197 e. The lowest BCUT2D eigenvalue weighted by Crippen LogP contribution is -2.21. The SMILES string of the molecule is CCN(CC)c1cc(=S)c2c(ccc3ccccc32)o1. The zero-order chi connectivity index (χ0) is 14.1. The molecule has 0 aliphatic rings. The first-order valence-corrected chi connectivity index (χ1v) is 7.36. The van der Waals surface area contributed by atoms with Crippen LogP contribution in [0, 0.1) is 4.51 Å². The van der Waals surface area contributed by atoms with E-state index in [1.807, 2.05) is 24.3 Å². The Morgan fingerprint density at radius 1 is 1.05 bits per heavy atom. The van der Waals surface area contributed by atoms with E-state index in [1.54, 1.807) is 0 Å². The molecule has 0 spiro atoms. The van der Waals surface area contributed by atoms with Gasteiger partial charge in [-0.1, -0.05) is 42.5 Å². The third-order valence-electron chi connectivity index (χ3n) is 3.68. The molecule has 2 aromatic carbocycles. The van der Waals surface area contributed by atoms with Gasteiger partial charge < -0.3 is 9.32 Å². The average Bonchev–Trinajstić information content (AvgIpc) is 2.48. The van der Waals surface area contributed by atoms with Gasteiger partial charge in [-0.2, -0.15) is 0 Å². The van der Waals surface area contributed by atoms with Gasteiger partial charge in [0.2, 0.25) is 0 Å². The molecule has 0 unspecified atom stereocenters. The third kappa shape index (κ3) is 2.08. The summed E-state index contributed by atoms with van der Waals surface area (Å²) in [6.07, 6.45) is 0. The van der Waals surface area contributed by atoms with Crippen molar-refractivity contribution in [1.82, 2.24) is 0 Å². The van der Waals surface area contributed by atoms with Crippen molar-refractivity contribution in [2.24, 2.45) is 0 Å². The molecule has 1 heterocycles. The van der Waals surface area contributed by atoms with Gasteiger partial charge in [0.05, 0.1) is 4.51 Å². The summed E-state index contributed by atoms with van der Waals surface area (Å²) in [6, 6.07) is 14.3. The van der Waals surface area contributed by atoms with Crippen LogP contribution >= 0.6 is 12.2 Å². The second kappa shape index (κ2) is 5.25. The van der Waals surface area contributed by atoms with E-state index < -0.39 is 0 Å². The van der Waals surface area contributed by atoms with E-state index in [2.05, 4.69) is 36.9 Å². The largest absolute Gasteiger partial charge is 0.440 e. The number of nitrogens with zero attached hydrogens (tertiary/aromatic N) is 1. The summed E-state index contributed by atoms with van der Waals surface area (Å²) in [5.41, 5.74) is 0.859. The van der Waals surface area contributed by atoms with E-state index in [-0.39, 0.29) is 0 Å². The van der Waals surface area contributed by atoms with Gasteiger partial charge in [-0.05, 0) is 30.7 Å². The predicted molar refractivity (Wildman–Crippen MR) is 88.1 cm³/mol. The Kier molecular flexibility index (Phi) is 3.45. The summed E-state index contributed by atoms with van der Waals surface area (Å²) in [4.78, 5) is 2.17. The van der Waals surface area contributed by atoms with Crippen molar-refractivity contribution >= 4 is 39.8 Å². The quantitative estimate of drug-likeness (QED) is 0.488. The number of benzene rings is 2. The maximum Gasteiger partial charge on any atom is 0.197 e. The van der Waals surface area contributed by atoms with Crippen LogP contribution in [0.3, 0.4) is 0 Å². The molecule has 2 nitrogen and oxygen atoms in total. The van der Waals surface area contributed by atoms with Crippen molar-refractivity contribution in [2.75, 3.05) is 18.0 Å². The third-order valence-corrected chi connectivity index (χ3v) is 4.00. The van der Waals surface area contributed by atoms with Gasteiger partial charge in [-0.25, -0.2) is 0 Å². The maximum absolute atomic E-state index is 6.05. The van der Waals surface area contributed by atoms with Crippen LogP contribution in [0.15, 0.2) is 46.9 Å². The standard InChI is InChI=1S/C17H17NOS/c1-3-18(4-2)16-11-15(20)17-13-8-6-5-7-12(13)9-10-14(17)19-16/h5-11H,3-4H2,1-2H3. The maximum atomic E-state index is 6.05. The average molecular weight is 283 g/mol. The molecular weight excluding hydrogens is 266 g/mol. The van der Waals surface area contributed by atoms with E-state index in [4.69, 9.17) is 16.6 Å². The molecule has 0 bridgehead atoms. The second-order valence-corrected chi connectivity index (χ2v) is 5.22. The minimum absolute atomic E-state index is 0.850. The Morgan fingerprint density at radius 3 is 2.55 bits per heavy atom. The molecule has 102 valence electrons. The highest BCUT2D eigenvalue weighted by Crippen LogP contribution is 2.30. The molecule has 3 aromatic rings. The molecule has 3 heteroatoms. The highest BCUT2D eigenvalue weighted by atomic mass is 32.1. The first kappa shape index (κ1) is 13.1. The fourth-order valence-electron chi connectivity index (χ4n) is 2.61. The van der Waals surface area contributed by atoms with Crippen LogP contribution in [-0.2, 0) is 0 Å². The fourth-order valence-corrected chi connectivity index (χ4v) is 2.92. The summed E-state index contributed by atoms with van der Waals surface area (Å²) >= 11 is 5.60. The first-order chi connectivity index (χ1) is 9.74. The first-order valence-electron chi connectivity index (χ1n) is 6.95. The predicted octanol–water partition coefficient (Wildman–Crippen LogP) is 5.16. The number of hydrogen-bond acceptors (Lipinski definition) is 3. The van der Waals surface area contributed by atoms with E-state index in [0.717, 1.165) is 39.8 Å². The van der Waals surface area contributed by atoms with E-state index >= 15 is 0 Å². The van der Waals surface area contributed by atoms with Crippen LogP contribution in [0.4, 0.5) is 5.88 Å². The van der Waals surface area contributed by atoms with E-state index in [0.29, 0.717) is 0 Å². The van der Waals surface area contributed by atoms with Crippen LogP contribution in [0.25, 0.3) is 21.7 Å². The number of fused-ring (bicyclic) bond motifs is 3. The molecule has 20 heavy (non-hydrogen) atoms. The van der Waals surface area contributed by atoms with Crippen LogP contribution in [-0.4, -0.2) is 13.1 Å². The van der Waals surface area contributed by atoms with E-state index in [9.17, 15) is 0 Å². The molecule has 0 radical (unpaired) electrons. The van der Waals surface area contributed by atoms with E-state index in [1.165, 1.54) is 5.39 Å².